The van der Waals surface area contributed by atoms with Crippen molar-refractivity contribution in [1.29, 1.82) is 0 Å². The van der Waals surface area contributed by atoms with Gasteiger partial charge >= 0.3 is 0 Å². The molecule has 1 aromatic rings. The number of aryl methyl sites for hydroxylation is 2. The third-order valence-corrected chi connectivity index (χ3v) is 8.25. The molecule has 34 heavy (non-hydrogen) atoms. The molecule has 0 heterocycles. The van der Waals surface area contributed by atoms with Gasteiger partial charge in [0.1, 0.15) is 0 Å². The van der Waals surface area contributed by atoms with Crippen molar-refractivity contribution in [3.8, 4) is 0 Å². The highest BCUT2D eigenvalue weighted by Gasteiger charge is 2.32. The van der Waals surface area contributed by atoms with Crippen molar-refractivity contribution in [2.24, 2.45) is 17.8 Å². The van der Waals surface area contributed by atoms with Gasteiger partial charge in [-0.2, -0.15) is 0 Å². The van der Waals surface area contributed by atoms with Gasteiger partial charge in [-0.25, -0.2) is 0 Å². The number of nitrogens with one attached hydrogen (secondary N) is 1. The summed E-state index contributed by atoms with van der Waals surface area (Å²) in [5.41, 5.74) is 6.10. The molecule has 1 fully saturated rings. The van der Waals surface area contributed by atoms with E-state index in [0.29, 0.717) is 5.92 Å². The molecular weight excluding hydrogens is 436 g/mol. The predicted molar refractivity (Wildman–Crippen MR) is 150 cm³/mol. The summed E-state index contributed by atoms with van der Waals surface area (Å²) < 4.78 is 0. The molecule has 0 aliphatic heterocycles. The standard InChI is InChI=1S/C31H47ClN2/c1-5-8-26-20-30(32)17-18-31(26)29(14-13-25-11-9-24(7-3)10-12-25)23-34(4)22-28-16-15-27(28)21-33-19-6-2/h6,9-12,20,27-29,33H,2,5,7-8,13-19,21-23H2,1,3-4H3. The molecule has 3 rings (SSSR count). The van der Waals surface area contributed by atoms with E-state index in [-0.39, 0.29) is 0 Å². The van der Waals surface area contributed by atoms with Gasteiger partial charge in [-0.1, -0.05) is 67.8 Å². The van der Waals surface area contributed by atoms with Gasteiger partial charge in [-0.3, -0.25) is 0 Å². The highest BCUT2D eigenvalue weighted by Crippen LogP contribution is 2.37. The Morgan fingerprint density at radius 3 is 2.47 bits per heavy atom. The average Bonchev–Trinajstić information content (AvgIpc) is 2.83. The maximum atomic E-state index is 6.49. The minimum absolute atomic E-state index is 0.607. The summed E-state index contributed by atoms with van der Waals surface area (Å²) in [6.45, 7) is 12.8. The Hall–Kier alpha value is -1.35. The fourth-order valence-corrected chi connectivity index (χ4v) is 5.99. The molecule has 0 radical (unpaired) electrons. The molecule has 0 saturated heterocycles. The number of rotatable bonds is 15. The van der Waals surface area contributed by atoms with Gasteiger partial charge in [0, 0.05) is 24.7 Å². The molecule has 1 saturated carbocycles. The first-order chi connectivity index (χ1) is 16.5. The summed E-state index contributed by atoms with van der Waals surface area (Å²) in [5.74, 6) is 2.26. The lowest BCUT2D eigenvalue weighted by molar-refractivity contribution is 0.115. The number of hydrogen-bond donors (Lipinski definition) is 1. The van der Waals surface area contributed by atoms with Crippen molar-refractivity contribution < 1.29 is 0 Å². The van der Waals surface area contributed by atoms with Crippen LogP contribution in [0.3, 0.4) is 0 Å². The van der Waals surface area contributed by atoms with Crippen molar-refractivity contribution in [3.63, 3.8) is 0 Å². The molecule has 2 nitrogen and oxygen atoms in total. The van der Waals surface area contributed by atoms with E-state index in [0.717, 1.165) is 68.6 Å². The lowest BCUT2D eigenvalue weighted by Gasteiger charge is -2.40. The highest BCUT2D eigenvalue weighted by atomic mass is 35.5. The van der Waals surface area contributed by atoms with Crippen LogP contribution >= 0.6 is 11.6 Å². The molecule has 188 valence electrons. The van der Waals surface area contributed by atoms with Crippen LogP contribution in [0.4, 0.5) is 0 Å². The van der Waals surface area contributed by atoms with Gasteiger partial charge in [-0.05, 0) is 105 Å². The first-order valence-electron chi connectivity index (χ1n) is 13.7. The first-order valence-corrected chi connectivity index (χ1v) is 14.1. The van der Waals surface area contributed by atoms with Gasteiger partial charge in [0.05, 0.1) is 0 Å². The molecule has 2 aliphatic rings. The third kappa shape index (κ3) is 8.11. The Labute approximate surface area is 214 Å². The lowest BCUT2D eigenvalue weighted by Crippen LogP contribution is -2.42. The number of nitrogens with zero attached hydrogens (tertiary/aromatic N) is 1. The van der Waals surface area contributed by atoms with E-state index < -0.39 is 0 Å². The summed E-state index contributed by atoms with van der Waals surface area (Å²) in [6.07, 6.45) is 15.0. The van der Waals surface area contributed by atoms with Gasteiger partial charge in [0.25, 0.3) is 0 Å². The monoisotopic (exact) mass is 482 g/mol. The normalized spacial score (nSPS) is 21.4. The van der Waals surface area contributed by atoms with Crippen LogP contribution in [0.15, 0.2) is 59.2 Å². The summed E-state index contributed by atoms with van der Waals surface area (Å²) in [6, 6.07) is 9.29. The van der Waals surface area contributed by atoms with Crippen LogP contribution in [-0.2, 0) is 12.8 Å². The minimum atomic E-state index is 0.607. The Kier molecular flexibility index (Phi) is 11.4. The molecule has 0 spiro atoms. The van der Waals surface area contributed by atoms with Crippen molar-refractivity contribution >= 4 is 11.6 Å². The zero-order valence-electron chi connectivity index (χ0n) is 21.9. The maximum absolute atomic E-state index is 6.49. The van der Waals surface area contributed by atoms with Gasteiger partial charge in [0.2, 0.25) is 0 Å². The number of allylic oxidation sites excluding steroid dienone is 3. The zero-order valence-corrected chi connectivity index (χ0v) is 22.7. The smallest absolute Gasteiger partial charge is 0.0186 e. The van der Waals surface area contributed by atoms with E-state index in [2.05, 4.69) is 68.0 Å². The van der Waals surface area contributed by atoms with Crippen LogP contribution in [0.1, 0.15) is 69.9 Å². The van der Waals surface area contributed by atoms with E-state index in [4.69, 9.17) is 11.6 Å². The quantitative estimate of drug-likeness (QED) is 0.205. The summed E-state index contributed by atoms with van der Waals surface area (Å²) >= 11 is 6.49. The van der Waals surface area contributed by atoms with Crippen LogP contribution < -0.4 is 5.32 Å². The molecule has 0 bridgehead atoms. The topological polar surface area (TPSA) is 15.3 Å². The Morgan fingerprint density at radius 1 is 1.09 bits per heavy atom. The zero-order chi connectivity index (χ0) is 24.3. The predicted octanol–water partition coefficient (Wildman–Crippen LogP) is 7.54. The highest BCUT2D eigenvalue weighted by molar-refractivity contribution is 6.29. The van der Waals surface area contributed by atoms with Gasteiger partial charge in [-0.15, -0.1) is 6.58 Å². The molecule has 1 aromatic carbocycles. The molecule has 0 aromatic heterocycles. The number of benzene rings is 1. The van der Waals surface area contributed by atoms with Crippen LogP contribution in [0, 0.1) is 17.8 Å². The summed E-state index contributed by atoms with van der Waals surface area (Å²) in [4.78, 5) is 2.63. The van der Waals surface area contributed by atoms with E-state index in [1.54, 1.807) is 5.57 Å². The molecule has 1 N–H and O–H groups in total. The van der Waals surface area contributed by atoms with Crippen LogP contribution in [0.25, 0.3) is 0 Å². The maximum Gasteiger partial charge on any atom is 0.0186 e. The third-order valence-electron chi connectivity index (χ3n) is 7.95. The fraction of sp³-hybridized carbons (Fsp3) is 0.613. The van der Waals surface area contributed by atoms with E-state index >= 15 is 0 Å². The fourth-order valence-electron chi connectivity index (χ4n) is 5.76. The second kappa shape index (κ2) is 14.3. The SMILES string of the molecule is C=CCNCC1CCC1CN(C)CC(CCc1ccc(CC)cc1)C1=C(CCC)C=C(Cl)CC1. The van der Waals surface area contributed by atoms with Crippen molar-refractivity contribution in [2.45, 2.75) is 71.6 Å². The van der Waals surface area contributed by atoms with Crippen LogP contribution in [0.5, 0.6) is 0 Å². The first kappa shape index (κ1) is 27.2. The molecule has 3 unspecified atom stereocenters. The second-order valence-electron chi connectivity index (χ2n) is 10.6. The number of hydrogen-bond acceptors (Lipinski definition) is 2. The Bertz CT molecular complexity index is 822. The molecule has 0 amide bonds. The van der Waals surface area contributed by atoms with Crippen LogP contribution in [-0.4, -0.2) is 38.1 Å². The molecular formula is C31H47ClN2. The van der Waals surface area contributed by atoms with Crippen LogP contribution in [0.2, 0.25) is 0 Å². The molecule has 3 heteroatoms. The second-order valence-corrected chi connectivity index (χ2v) is 11.0. The largest absolute Gasteiger partial charge is 0.313 e. The summed E-state index contributed by atoms with van der Waals surface area (Å²) in [7, 11) is 2.35. The Morgan fingerprint density at radius 2 is 1.82 bits per heavy atom. The number of halogens is 1. The minimum Gasteiger partial charge on any atom is -0.313 e. The Balaban J connectivity index is 1.67. The molecule has 2 aliphatic carbocycles. The van der Waals surface area contributed by atoms with Gasteiger partial charge < -0.3 is 10.2 Å². The van der Waals surface area contributed by atoms with Gasteiger partial charge in [0.15, 0.2) is 0 Å². The molecule has 3 atom stereocenters. The van der Waals surface area contributed by atoms with E-state index in [1.807, 2.05) is 6.08 Å². The van der Waals surface area contributed by atoms with Crippen molar-refractivity contribution in [3.05, 3.63) is 70.3 Å². The van der Waals surface area contributed by atoms with Crippen molar-refractivity contribution in [1.82, 2.24) is 10.2 Å². The average molecular weight is 483 g/mol. The van der Waals surface area contributed by atoms with E-state index in [1.165, 1.54) is 48.9 Å². The summed E-state index contributed by atoms with van der Waals surface area (Å²) in [5, 5.41) is 4.58. The lowest BCUT2D eigenvalue weighted by atomic mass is 9.73. The van der Waals surface area contributed by atoms with Crippen molar-refractivity contribution in [2.75, 3.05) is 33.2 Å². The van der Waals surface area contributed by atoms with E-state index in [9.17, 15) is 0 Å².